The second-order valence-corrected chi connectivity index (χ2v) is 6.71. The lowest BCUT2D eigenvalue weighted by atomic mass is 10.1. The van der Waals surface area contributed by atoms with Gasteiger partial charge < -0.3 is 20.7 Å². The molecule has 0 spiro atoms. The van der Waals surface area contributed by atoms with E-state index < -0.39 is 0 Å². The van der Waals surface area contributed by atoms with Crippen LogP contribution in [-0.4, -0.2) is 25.5 Å². The molecule has 0 unspecified atom stereocenters. The van der Waals surface area contributed by atoms with Gasteiger partial charge >= 0.3 is 0 Å². The van der Waals surface area contributed by atoms with Gasteiger partial charge in [0.05, 0.1) is 19.3 Å². The van der Waals surface area contributed by atoms with Gasteiger partial charge in [-0.3, -0.25) is 9.59 Å². The lowest BCUT2D eigenvalue weighted by molar-refractivity contribution is -0.116. The number of anilines is 3. The fourth-order valence-electron chi connectivity index (χ4n) is 2.93. The van der Waals surface area contributed by atoms with E-state index in [1.54, 1.807) is 31.4 Å². The van der Waals surface area contributed by atoms with Crippen LogP contribution in [0, 0.1) is 0 Å². The molecular formula is C24H25N3O3. The molecule has 3 aromatic carbocycles. The lowest BCUT2D eigenvalue weighted by Gasteiger charge is -2.11. The predicted octanol–water partition coefficient (Wildman–Crippen LogP) is 4.32. The van der Waals surface area contributed by atoms with E-state index in [4.69, 9.17) is 4.74 Å². The van der Waals surface area contributed by atoms with Crippen molar-refractivity contribution in [1.82, 2.24) is 0 Å². The number of methoxy groups -OCH3 is 1. The molecule has 0 bridgehead atoms. The third-order valence-corrected chi connectivity index (χ3v) is 4.48. The van der Waals surface area contributed by atoms with E-state index in [1.807, 2.05) is 54.6 Å². The average Bonchev–Trinajstić information content (AvgIpc) is 2.78. The summed E-state index contributed by atoms with van der Waals surface area (Å²) in [7, 11) is 1.59. The molecule has 3 rings (SSSR count). The van der Waals surface area contributed by atoms with Crippen molar-refractivity contribution < 1.29 is 14.3 Å². The number of carbonyl (C=O) groups excluding carboxylic acids is 2. The Balaban J connectivity index is 1.44. The van der Waals surface area contributed by atoms with Crippen molar-refractivity contribution in [2.24, 2.45) is 0 Å². The van der Waals surface area contributed by atoms with E-state index in [2.05, 4.69) is 16.0 Å². The molecule has 6 heteroatoms. The molecule has 0 radical (unpaired) electrons. The van der Waals surface area contributed by atoms with Gasteiger partial charge in [-0.2, -0.15) is 0 Å². The number of benzene rings is 3. The molecule has 0 heterocycles. The van der Waals surface area contributed by atoms with Crippen LogP contribution in [0.3, 0.4) is 0 Å². The quantitative estimate of drug-likeness (QED) is 0.497. The van der Waals surface area contributed by atoms with E-state index in [1.165, 1.54) is 0 Å². The summed E-state index contributed by atoms with van der Waals surface area (Å²) in [6.07, 6.45) is 1.11. The van der Waals surface area contributed by atoms with Gasteiger partial charge in [-0.1, -0.05) is 42.5 Å². The standard InChI is InChI=1S/C24H25N3O3/c1-30-22-10-6-5-9-21(22)25-17-24(29)27-20-14-12-19(13-15-20)26-23(28)16-11-18-7-3-2-4-8-18/h2-10,12-15,25H,11,16-17H2,1H3,(H,26,28)(H,27,29). The van der Waals surface area contributed by atoms with E-state index in [0.29, 0.717) is 30.0 Å². The number of para-hydroxylation sites is 2. The van der Waals surface area contributed by atoms with Gasteiger partial charge in [0.15, 0.2) is 0 Å². The molecule has 0 aliphatic carbocycles. The second kappa shape index (κ2) is 10.7. The Labute approximate surface area is 176 Å². The van der Waals surface area contributed by atoms with Crippen molar-refractivity contribution in [3.05, 3.63) is 84.4 Å². The zero-order valence-electron chi connectivity index (χ0n) is 16.9. The lowest BCUT2D eigenvalue weighted by Crippen LogP contribution is -2.22. The Morgan fingerprint density at radius 3 is 2.03 bits per heavy atom. The second-order valence-electron chi connectivity index (χ2n) is 6.71. The molecule has 2 amide bonds. The first-order chi connectivity index (χ1) is 14.6. The number of hydrogen-bond donors (Lipinski definition) is 3. The van der Waals surface area contributed by atoms with Gasteiger partial charge in [-0.15, -0.1) is 0 Å². The zero-order chi connectivity index (χ0) is 21.2. The fourth-order valence-corrected chi connectivity index (χ4v) is 2.93. The van der Waals surface area contributed by atoms with Crippen LogP contribution < -0.4 is 20.7 Å². The molecule has 0 saturated carbocycles. The summed E-state index contributed by atoms with van der Waals surface area (Å²) in [4.78, 5) is 24.3. The highest BCUT2D eigenvalue weighted by atomic mass is 16.5. The van der Waals surface area contributed by atoms with Crippen LogP contribution in [0.1, 0.15) is 12.0 Å². The van der Waals surface area contributed by atoms with Crippen molar-refractivity contribution in [2.75, 3.05) is 29.6 Å². The van der Waals surface area contributed by atoms with Crippen molar-refractivity contribution in [1.29, 1.82) is 0 Å². The minimum absolute atomic E-state index is 0.0448. The van der Waals surface area contributed by atoms with Crippen molar-refractivity contribution >= 4 is 28.9 Å². The third kappa shape index (κ3) is 6.38. The van der Waals surface area contributed by atoms with Gasteiger partial charge in [-0.25, -0.2) is 0 Å². The molecule has 0 fully saturated rings. The van der Waals surface area contributed by atoms with Crippen LogP contribution in [0.25, 0.3) is 0 Å². The van der Waals surface area contributed by atoms with Crippen LogP contribution in [0.4, 0.5) is 17.1 Å². The Bertz CT molecular complexity index is 973. The van der Waals surface area contributed by atoms with Gasteiger partial charge in [0.2, 0.25) is 11.8 Å². The van der Waals surface area contributed by atoms with Gasteiger partial charge in [0, 0.05) is 17.8 Å². The number of nitrogens with one attached hydrogen (secondary N) is 3. The Hall–Kier alpha value is -3.80. The summed E-state index contributed by atoms with van der Waals surface area (Å²) in [6.45, 7) is 0.109. The van der Waals surface area contributed by atoms with Crippen LogP contribution in [0.5, 0.6) is 5.75 Å². The van der Waals surface area contributed by atoms with E-state index >= 15 is 0 Å². The molecule has 30 heavy (non-hydrogen) atoms. The van der Waals surface area contributed by atoms with Crippen LogP contribution >= 0.6 is 0 Å². The predicted molar refractivity (Wildman–Crippen MR) is 120 cm³/mol. The largest absolute Gasteiger partial charge is 0.495 e. The topological polar surface area (TPSA) is 79.5 Å². The number of aryl methyl sites for hydroxylation is 1. The molecule has 6 nitrogen and oxygen atoms in total. The highest BCUT2D eigenvalue weighted by Crippen LogP contribution is 2.22. The number of ether oxygens (including phenoxy) is 1. The number of rotatable bonds is 9. The van der Waals surface area contributed by atoms with E-state index in [-0.39, 0.29) is 18.4 Å². The first kappa shape index (κ1) is 20.9. The molecule has 154 valence electrons. The van der Waals surface area contributed by atoms with Gasteiger partial charge in [-0.05, 0) is 48.4 Å². The molecule has 0 aliphatic heterocycles. The maximum Gasteiger partial charge on any atom is 0.243 e. The molecule has 0 aromatic heterocycles. The number of carbonyl (C=O) groups is 2. The van der Waals surface area contributed by atoms with Crippen LogP contribution in [0.2, 0.25) is 0 Å². The van der Waals surface area contributed by atoms with E-state index in [9.17, 15) is 9.59 Å². The fraction of sp³-hybridized carbons (Fsp3) is 0.167. The summed E-state index contributed by atoms with van der Waals surface area (Å²) in [5.74, 6) is 0.454. The highest BCUT2D eigenvalue weighted by molar-refractivity contribution is 5.95. The normalized spacial score (nSPS) is 10.2. The molecule has 0 atom stereocenters. The zero-order valence-corrected chi connectivity index (χ0v) is 16.9. The molecular weight excluding hydrogens is 378 g/mol. The van der Waals surface area contributed by atoms with E-state index in [0.717, 1.165) is 11.3 Å². The van der Waals surface area contributed by atoms with Crippen molar-refractivity contribution in [3.63, 3.8) is 0 Å². The monoisotopic (exact) mass is 403 g/mol. The minimum atomic E-state index is -0.180. The highest BCUT2D eigenvalue weighted by Gasteiger charge is 2.07. The first-order valence-electron chi connectivity index (χ1n) is 9.74. The first-order valence-corrected chi connectivity index (χ1v) is 9.74. The third-order valence-electron chi connectivity index (χ3n) is 4.48. The molecule has 0 aliphatic rings. The maximum atomic E-state index is 12.2. The summed E-state index contributed by atoms with van der Waals surface area (Å²) < 4.78 is 5.25. The van der Waals surface area contributed by atoms with Gasteiger partial charge in [0.1, 0.15) is 5.75 Å². The van der Waals surface area contributed by atoms with Gasteiger partial charge in [0.25, 0.3) is 0 Å². The Kier molecular flexibility index (Phi) is 7.44. The SMILES string of the molecule is COc1ccccc1NCC(=O)Nc1ccc(NC(=O)CCc2ccccc2)cc1. The smallest absolute Gasteiger partial charge is 0.243 e. The Morgan fingerprint density at radius 2 is 1.37 bits per heavy atom. The Morgan fingerprint density at radius 1 is 0.767 bits per heavy atom. The number of hydrogen-bond acceptors (Lipinski definition) is 4. The summed E-state index contributed by atoms with van der Waals surface area (Å²) in [5.41, 5.74) is 3.23. The van der Waals surface area contributed by atoms with Crippen molar-refractivity contribution in [3.8, 4) is 5.75 Å². The van der Waals surface area contributed by atoms with Crippen LogP contribution in [0.15, 0.2) is 78.9 Å². The molecule has 3 N–H and O–H groups in total. The maximum absolute atomic E-state index is 12.2. The average molecular weight is 403 g/mol. The van der Waals surface area contributed by atoms with Crippen LogP contribution in [-0.2, 0) is 16.0 Å². The summed E-state index contributed by atoms with van der Waals surface area (Å²) in [6, 6.07) is 24.4. The summed E-state index contributed by atoms with van der Waals surface area (Å²) in [5, 5.41) is 8.75. The molecule has 0 saturated heterocycles. The summed E-state index contributed by atoms with van der Waals surface area (Å²) >= 11 is 0. The molecule has 3 aromatic rings. The minimum Gasteiger partial charge on any atom is -0.495 e. The van der Waals surface area contributed by atoms with Crippen molar-refractivity contribution in [2.45, 2.75) is 12.8 Å². The number of amides is 2.